The fourth-order valence-corrected chi connectivity index (χ4v) is 2.24. The average Bonchev–Trinajstić information content (AvgIpc) is 2.69. The largest absolute Gasteiger partial charge is 0.493 e. The quantitative estimate of drug-likeness (QED) is 0.384. The Hall–Kier alpha value is -3.50. The van der Waals surface area contributed by atoms with Crippen molar-refractivity contribution in [1.82, 2.24) is 5.32 Å². The summed E-state index contributed by atoms with van der Waals surface area (Å²) in [6.45, 7) is -0.386. The van der Waals surface area contributed by atoms with Crippen molar-refractivity contribution >= 4 is 11.6 Å². The molecule has 2 aromatic carbocycles. The highest BCUT2D eigenvalue weighted by molar-refractivity contribution is 5.77. The van der Waals surface area contributed by atoms with Gasteiger partial charge < -0.3 is 19.5 Å². The van der Waals surface area contributed by atoms with Crippen LogP contribution in [0.1, 0.15) is 5.56 Å². The number of carbonyl (C=O) groups is 1. The van der Waals surface area contributed by atoms with Crippen molar-refractivity contribution in [3.05, 3.63) is 58.1 Å². The fraction of sp³-hybridized carbons (Fsp3) is 0.278. The van der Waals surface area contributed by atoms with Crippen LogP contribution in [0.25, 0.3) is 0 Å². The Labute approximate surface area is 163 Å². The predicted molar refractivity (Wildman–Crippen MR) is 95.1 cm³/mol. The molecule has 29 heavy (non-hydrogen) atoms. The van der Waals surface area contributed by atoms with Gasteiger partial charge in [-0.3, -0.25) is 14.9 Å². The van der Waals surface area contributed by atoms with Crippen LogP contribution in [0.2, 0.25) is 0 Å². The van der Waals surface area contributed by atoms with Crippen LogP contribution in [-0.2, 0) is 11.0 Å². The van der Waals surface area contributed by atoms with Gasteiger partial charge in [0.15, 0.2) is 23.9 Å². The monoisotopic (exact) mass is 414 g/mol. The Morgan fingerprint density at radius 2 is 1.79 bits per heavy atom. The molecule has 11 heteroatoms. The SMILES string of the molecule is COc1ccccc1OCCNC(=O)COc1ccc(C(F)(F)F)cc1[N+](=O)[O-]. The molecule has 0 radical (unpaired) electrons. The number of alkyl halides is 3. The van der Waals surface area contributed by atoms with Gasteiger partial charge in [0.25, 0.3) is 5.91 Å². The lowest BCUT2D eigenvalue weighted by Gasteiger charge is -2.12. The molecule has 2 rings (SSSR count). The molecule has 0 saturated carbocycles. The highest BCUT2D eigenvalue weighted by Gasteiger charge is 2.33. The highest BCUT2D eigenvalue weighted by Crippen LogP contribution is 2.36. The molecule has 0 aliphatic carbocycles. The molecular formula is C18H17F3N2O6. The van der Waals surface area contributed by atoms with Gasteiger partial charge in [-0.1, -0.05) is 12.1 Å². The van der Waals surface area contributed by atoms with E-state index in [0.29, 0.717) is 23.6 Å². The van der Waals surface area contributed by atoms with Crippen LogP contribution in [0.15, 0.2) is 42.5 Å². The maximum Gasteiger partial charge on any atom is 0.416 e. The molecule has 0 spiro atoms. The third kappa shape index (κ3) is 6.26. The summed E-state index contributed by atoms with van der Waals surface area (Å²) in [6.07, 6.45) is -4.73. The molecule has 1 amide bonds. The van der Waals surface area contributed by atoms with Crippen LogP contribution in [-0.4, -0.2) is 37.7 Å². The number of para-hydroxylation sites is 2. The van der Waals surface area contributed by atoms with Crippen molar-refractivity contribution in [2.75, 3.05) is 26.9 Å². The van der Waals surface area contributed by atoms with Crippen LogP contribution >= 0.6 is 0 Å². The normalized spacial score (nSPS) is 10.9. The zero-order valence-electron chi connectivity index (χ0n) is 15.2. The minimum atomic E-state index is -4.73. The van der Waals surface area contributed by atoms with Gasteiger partial charge in [0.2, 0.25) is 0 Å². The molecule has 0 fully saturated rings. The predicted octanol–water partition coefficient (Wildman–Crippen LogP) is 3.20. The van der Waals surface area contributed by atoms with Crippen molar-refractivity contribution in [2.45, 2.75) is 6.18 Å². The summed E-state index contributed by atoms with van der Waals surface area (Å²) in [5.74, 6) is -0.0519. The first-order chi connectivity index (χ1) is 13.7. The van der Waals surface area contributed by atoms with E-state index < -0.39 is 40.6 Å². The Balaban J connectivity index is 1.85. The Morgan fingerprint density at radius 1 is 1.10 bits per heavy atom. The van der Waals surface area contributed by atoms with Gasteiger partial charge in [0.05, 0.1) is 24.1 Å². The number of amides is 1. The highest BCUT2D eigenvalue weighted by atomic mass is 19.4. The Kier molecular flexibility index (Phi) is 7.23. The lowest BCUT2D eigenvalue weighted by molar-refractivity contribution is -0.386. The Morgan fingerprint density at radius 3 is 2.41 bits per heavy atom. The number of nitrogens with one attached hydrogen (secondary N) is 1. The number of hydrogen-bond donors (Lipinski definition) is 1. The maximum atomic E-state index is 12.7. The number of hydrogen-bond acceptors (Lipinski definition) is 6. The lowest BCUT2D eigenvalue weighted by atomic mass is 10.2. The van der Waals surface area contributed by atoms with E-state index in [4.69, 9.17) is 14.2 Å². The van der Waals surface area contributed by atoms with E-state index >= 15 is 0 Å². The number of methoxy groups -OCH3 is 1. The van der Waals surface area contributed by atoms with Crippen molar-refractivity contribution in [1.29, 1.82) is 0 Å². The number of rotatable bonds is 9. The molecule has 0 aliphatic heterocycles. The Bertz CT molecular complexity index is 873. The molecule has 0 unspecified atom stereocenters. The molecular weight excluding hydrogens is 397 g/mol. The van der Waals surface area contributed by atoms with Crippen molar-refractivity contribution in [2.24, 2.45) is 0 Å². The molecule has 0 heterocycles. The molecule has 0 atom stereocenters. The van der Waals surface area contributed by atoms with E-state index in [1.54, 1.807) is 24.3 Å². The molecule has 8 nitrogen and oxygen atoms in total. The number of nitro groups is 1. The number of carbonyl (C=O) groups excluding carboxylic acids is 1. The maximum absolute atomic E-state index is 12.7. The first-order valence-corrected chi connectivity index (χ1v) is 8.23. The van der Waals surface area contributed by atoms with Crippen LogP contribution in [0.5, 0.6) is 17.2 Å². The van der Waals surface area contributed by atoms with Gasteiger partial charge in [0, 0.05) is 6.07 Å². The summed E-state index contributed by atoms with van der Waals surface area (Å²) in [5.41, 5.74) is -2.07. The summed E-state index contributed by atoms with van der Waals surface area (Å²) in [7, 11) is 1.49. The van der Waals surface area contributed by atoms with Crippen molar-refractivity contribution in [3.63, 3.8) is 0 Å². The number of nitrogens with zero attached hydrogens (tertiary/aromatic N) is 1. The van der Waals surface area contributed by atoms with Crippen molar-refractivity contribution in [3.8, 4) is 17.2 Å². The third-order valence-electron chi connectivity index (χ3n) is 3.59. The van der Waals surface area contributed by atoms with Gasteiger partial charge in [-0.2, -0.15) is 13.2 Å². The summed E-state index contributed by atoms with van der Waals surface area (Å²) in [4.78, 5) is 21.8. The van der Waals surface area contributed by atoms with Gasteiger partial charge in [0.1, 0.15) is 6.61 Å². The van der Waals surface area contributed by atoms with E-state index in [2.05, 4.69) is 5.32 Å². The second-order valence-corrected chi connectivity index (χ2v) is 5.58. The first kappa shape index (κ1) is 21.8. The van der Waals surface area contributed by atoms with Crippen LogP contribution < -0.4 is 19.5 Å². The molecule has 156 valence electrons. The summed E-state index contributed by atoms with van der Waals surface area (Å²) >= 11 is 0. The van der Waals surface area contributed by atoms with E-state index in [9.17, 15) is 28.1 Å². The molecule has 0 aromatic heterocycles. The van der Waals surface area contributed by atoms with E-state index in [0.717, 1.165) is 6.07 Å². The molecule has 0 saturated heterocycles. The fourth-order valence-electron chi connectivity index (χ4n) is 2.24. The molecule has 0 aliphatic rings. The second-order valence-electron chi connectivity index (χ2n) is 5.58. The van der Waals surface area contributed by atoms with E-state index in [-0.39, 0.29) is 13.2 Å². The van der Waals surface area contributed by atoms with Gasteiger partial charge in [-0.25, -0.2) is 0 Å². The standard InChI is InChI=1S/C18H17F3N2O6/c1-27-15-4-2-3-5-16(15)28-9-8-22-17(24)11-29-14-7-6-12(18(19,20)21)10-13(14)23(25)26/h2-7,10H,8-9,11H2,1H3,(H,22,24). The average molecular weight is 414 g/mol. The minimum absolute atomic E-state index is 0.106. The smallest absolute Gasteiger partial charge is 0.416 e. The number of ether oxygens (including phenoxy) is 3. The molecule has 0 bridgehead atoms. The van der Waals surface area contributed by atoms with Gasteiger partial charge >= 0.3 is 11.9 Å². The third-order valence-corrected chi connectivity index (χ3v) is 3.59. The zero-order valence-corrected chi connectivity index (χ0v) is 15.2. The molecule has 1 N–H and O–H groups in total. The number of nitro benzene ring substituents is 1. The first-order valence-electron chi connectivity index (χ1n) is 8.23. The second kappa shape index (κ2) is 9.62. The summed E-state index contributed by atoms with van der Waals surface area (Å²) in [6, 6.07) is 8.72. The van der Waals surface area contributed by atoms with Crippen LogP contribution in [0.3, 0.4) is 0 Å². The molecule has 2 aromatic rings. The van der Waals surface area contributed by atoms with E-state index in [1.807, 2.05) is 0 Å². The summed E-state index contributed by atoms with van der Waals surface area (Å²) in [5, 5.41) is 13.4. The van der Waals surface area contributed by atoms with Crippen LogP contribution in [0, 0.1) is 10.1 Å². The number of halogens is 3. The number of benzene rings is 2. The summed E-state index contributed by atoms with van der Waals surface area (Å²) < 4.78 is 53.6. The van der Waals surface area contributed by atoms with Crippen LogP contribution in [0.4, 0.5) is 18.9 Å². The van der Waals surface area contributed by atoms with E-state index in [1.165, 1.54) is 7.11 Å². The minimum Gasteiger partial charge on any atom is -0.493 e. The zero-order chi connectivity index (χ0) is 21.4. The van der Waals surface area contributed by atoms with Gasteiger partial charge in [-0.15, -0.1) is 0 Å². The van der Waals surface area contributed by atoms with Gasteiger partial charge in [-0.05, 0) is 24.3 Å². The lowest BCUT2D eigenvalue weighted by Crippen LogP contribution is -2.32. The topological polar surface area (TPSA) is 99.9 Å². The van der Waals surface area contributed by atoms with Crippen molar-refractivity contribution < 1.29 is 37.1 Å².